The molecule has 0 aromatic carbocycles. The van der Waals surface area contributed by atoms with Crippen molar-refractivity contribution in [3.63, 3.8) is 0 Å². The van der Waals surface area contributed by atoms with Gasteiger partial charge in [0.1, 0.15) is 0 Å². The SMILES string of the molecule is CSc1cc(-c2ccsc2)[nH]c1-c1ccsc1. The maximum absolute atomic E-state index is 3.53. The molecular weight excluding hydrogens is 266 g/mol. The minimum atomic E-state index is 1.21. The van der Waals surface area contributed by atoms with Gasteiger partial charge >= 0.3 is 0 Å². The molecule has 3 heterocycles. The van der Waals surface area contributed by atoms with Gasteiger partial charge in [0.25, 0.3) is 0 Å². The normalized spacial score (nSPS) is 10.9. The van der Waals surface area contributed by atoms with Crippen molar-refractivity contribution in [3.05, 3.63) is 39.7 Å². The van der Waals surface area contributed by atoms with Crippen molar-refractivity contribution in [3.8, 4) is 22.5 Å². The third-order valence-electron chi connectivity index (χ3n) is 2.64. The van der Waals surface area contributed by atoms with E-state index < -0.39 is 0 Å². The van der Waals surface area contributed by atoms with Crippen LogP contribution in [0, 0.1) is 0 Å². The lowest BCUT2D eigenvalue weighted by Gasteiger charge is -1.97. The summed E-state index contributed by atoms with van der Waals surface area (Å²) in [6.07, 6.45) is 2.12. The van der Waals surface area contributed by atoms with Crippen LogP contribution >= 0.6 is 34.4 Å². The van der Waals surface area contributed by atoms with E-state index in [9.17, 15) is 0 Å². The van der Waals surface area contributed by atoms with Crippen LogP contribution in [0.5, 0.6) is 0 Å². The van der Waals surface area contributed by atoms with Gasteiger partial charge in [-0.2, -0.15) is 22.7 Å². The molecule has 3 aromatic rings. The monoisotopic (exact) mass is 277 g/mol. The molecule has 0 aliphatic carbocycles. The lowest BCUT2D eigenvalue weighted by molar-refractivity contribution is 1.38. The Morgan fingerprint density at radius 1 is 1.06 bits per heavy atom. The zero-order chi connectivity index (χ0) is 11.7. The Morgan fingerprint density at radius 3 is 2.35 bits per heavy atom. The minimum Gasteiger partial charge on any atom is -0.354 e. The van der Waals surface area contributed by atoms with Crippen molar-refractivity contribution in [2.75, 3.05) is 6.26 Å². The molecule has 0 bridgehead atoms. The van der Waals surface area contributed by atoms with Crippen molar-refractivity contribution >= 4 is 34.4 Å². The van der Waals surface area contributed by atoms with Crippen molar-refractivity contribution in [1.29, 1.82) is 0 Å². The van der Waals surface area contributed by atoms with Crippen LogP contribution in [0.15, 0.2) is 44.6 Å². The minimum absolute atomic E-state index is 1.21. The summed E-state index contributed by atoms with van der Waals surface area (Å²) in [5.74, 6) is 0. The van der Waals surface area contributed by atoms with Gasteiger partial charge in [0, 0.05) is 32.5 Å². The zero-order valence-electron chi connectivity index (χ0n) is 9.27. The Bertz CT molecular complexity index is 591. The molecule has 3 rings (SSSR count). The first kappa shape index (κ1) is 11.1. The van der Waals surface area contributed by atoms with Crippen LogP contribution < -0.4 is 0 Å². The van der Waals surface area contributed by atoms with Crippen molar-refractivity contribution in [1.82, 2.24) is 4.98 Å². The number of hydrogen-bond acceptors (Lipinski definition) is 3. The first-order chi connectivity index (χ1) is 8.38. The molecule has 0 radical (unpaired) electrons. The summed E-state index contributed by atoms with van der Waals surface area (Å²) >= 11 is 5.25. The van der Waals surface area contributed by atoms with Crippen LogP contribution in [-0.4, -0.2) is 11.2 Å². The average Bonchev–Trinajstić information content (AvgIpc) is 3.09. The summed E-state index contributed by atoms with van der Waals surface area (Å²) in [5.41, 5.74) is 4.99. The molecule has 0 unspecified atom stereocenters. The van der Waals surface area contributed by atoms with E-state index in [2.05, 4.69) is 51.0 Å². The predicted molar refractivity (Wildman–Crippen MR) is 79.2 cm³/mol. The van der Waals surface area contributed by atoms with E-state index in [1.165, 1.54) is 27.4 Å². The number of rotatable bonds is 3. The van der Waals surface area contributed by atoms with Crippen LogP contribution in [0.1, 0.15) is 0 Å². The van der Waals surface area contributed by atoms with Crippen molar-refractivity contribution in [2.24, 2.45) is 0 Å². The van der Waals surface area contributed by atoms with Crippen LogP contribution in [-0.2, 0) is 0 Å². The first-order valence-electron chi connectivity index (χ1n) is 5.20. The number of hydrogen-bond donors (Lipinski definition) is 1. The molecule has 4 heteroatoms. The lowest BCUT2D eigenvalue weighted by Crippen LogP contribution is -1.76. The highest BCUT2D eigenvalue weighted by Crippen LogP contribution is 2.35. The second-order valence-electron chi connectivity index (χ2n) is 3.65. The third kappa shape index (κ3) is 2.08. The summed E-state index contributed by atoms with van der Waals surface area (Å²) in [7, 11) is 0. The Balaban J connectivity index is 2.10. The lowest BCUT2D eigenvalue weighted by atomic mass is 10.2. The van der Waals surface area contributed by atoms with Gasteiger partial charge in [0.15, 0.2) is 0 Å². The predicted octanol–water partition coefficient (Wildman–Crippen LogP) is 5.19. The molecular formula is C13H11NS3. The summed E-state index contributed by atoms with van der Waals surface area (Å²) < 4.78 is 0. The molecule has 0 spiro atoms. The zero-order valence-corrected chi connectivity index (χ0v) is 11.7. The van der Waals surface area contributed by atoms with Crippen molar-refractivity contribution < 1.29 is 0 Å². The maximum atomic E-state index is 3.53. The van der Waals surface area contributed by atoms with E-state index >= 15 is 0 Å². The number of H-pyrrole nitrogens is 1. The van der Waals surface area contributed by atoms with Gasteiger partial charge in [-0.15, -0.1) is 11.8 Å². The smallest absolute Gasteiger partial charge is 0.0605 e. The van der Waals surface area contributed by atoms with E-state index in [4.69, 9.17) is 0 Å². The molecule has 1 nitrogen and oxygen atoms in total. The second-order valence-corrected chi connectivity index (χ2v) is 6.06. The largest absolute Gasteiger partial charge is 0.354 e. The highest BCUT2D eigenvalue weighted by Gasteiger charge is 2.11. The summed E-state index contributed by atoms with van der Waals surface area (Å²) in [4.78, 5) is 4.84. The quantitative estimate of drug-likeness (QED) is 0.651. The van der Waals surface area contributed by atoms with Gasteiger partial charge in [-0.05, 0) is 35.2 Å². The summed E-state index contributed by atoms with van der Waals surface area (Å²) in [6, 6.07) is 6.55. The standard InChI is InChI=1S/C13H11NS3/c1-15-12-6-11(9-2-4-16-7-9)14-13(12)10-3-5-17-8-10/h2-8,14H,1H3. The van der Waals surface area contributed by atoms with E-state index in [0.717, 1.165) is 0 Å². The van der Waals surface area contributed by atoms with Gasteiger partial charge in [0.05, 0.1) is 5.69 Å². The number of aromatic nitrogens is 1. The molecule has 86 valence electrons. The summed E-state index contributed by atoms with van der Waals surface area (Å²) in [5, 5.41) is 8.58. The number of thiophene rings is 2. The molecule has 17 heavy (non-hydrogen) atoms. The van der Waals surface area contributed by atoms with Gasteiger partial charge < -0.3 is 4.98 Å². The van der Waals surface area contributed by atoms with Gasteiger partial charge in [-0.1, -0.05) is 0 Å². The van der Waals surface area contributed by atoms with Gasteiger partial charge in [-0.25, -0.2) is 0 Å². The molecule has 0 fully saturated rings. The van der Waals surface area contributed by atoms with Crippen LogP contribution in [0.3, 0.4) is 0 Å². The highest BCUT2D eigenvalue weighted by molar-refractivity contribution is 7.98. The average molecular weight is 277 g/mol. The van der Waals surface area contributed by atoms with E-state index in [0.29, 0.717) is 0 Å². The third-order valence-corrected chi connectivity index (χ3v) is 4.77. The number of thioether (sulfide) groups is 1. The molecule has 0 amide bonds. The van der Waals surface area contributed by atoms with E-state index in [1.807, 2.05) is 0 Å². The maximum Gasteiger partial charge on any atom is 0.0605 e. The fourth-order valence-electron chi connectivity index (χ4n) is 1.79. The van der Waals surface area contributed by atoms with E-state index in [-0.39, 0.29) is 0 Å². The topological polar surface area (TPSA) is 15.8 Å². The Kier molecular flexibility index (Phi) is 3.09. The Morgan fingerprint density at radius 2 is 1.76 bits per heavy atom. The highest BCUT2D eigenvalue weighted by atomic mass is 32.2. The molecule has 0 saturated carbocycles. The second kappa shape index (κ2) is 4.72. The number of aromatic amines is 1. The molecule has 3 aromatic heterocycles. The molecule has 0 atom stereocenters. The van der Waals surface area contributed by atoms with Gasteiger partial charge in [0.2, 0.25) is 0 Å². The molecule has 1 N–H and O–H groups in total. The molecule has 0 aliphatic heterocycles. The fourth-order valence-corrected chi connectivity index (χ4v) is 3.70. The number of nitrogens with one attached hydrogen (secondary N) is 1. The van der Waals surface area contributed by atoms with Crippen LogP contribution in [0.4, 0.5) is 0 Å². The fraction of sp³-hybridized carbons (Fsp3) is 0.0769. The van der Waals surface area contributed by atoms with Crippen LogP contribution in [0.2, 0.25) is 0 Å². The van der Waals surface area contributed by atoms with E-state index in [1.54, 1.807) is 34.4 Å². The Hall–Kier alpha value is -0.970. The van der Waals surface area contributed by atoms with Gasteiger partial charge in [-0.3, -0.25) is 0 Å². The van der Waals surface area contributed by atoms with Crippen LogP contribution in [0.25, 0.3) is 22.5 Å². The molecule has 0 aliphatic rings. The van der Waals surface area contributed by atoms with Crippen molar-refractivity contribution in [2.45, 2.75) is 4.90 Å². The Labute approximate surface area is 113 Å². The summed E-state index contributed by atoms with van der Waals surface area (Å²) in [6.45, 7) is 0. The first-order valence-corrected chi connectivity index (χ1v) is 8.31. The molecule has 0 saturated heterocycles.